The van der Waals surface area contributed by atoms with Crippen LogP contribution in [-0.4, -0.2) is 10.1 Å². The Hall–Kier alpha value is -2.22. The number of nitrogens with one attached hydrogen (secondary N) is 1. The molecular formula is C15H13NO. The Labute approximate surface area is 99.5 Å². The van der Waals surface area contributed by atoms with E-state index in [9.17, 15) is 5.11 Å². The fraction of sp³-hybridized carbons (Fsp3) is 0.0667. The van der Waals surface area contributed by atoms with Gasteiger partial charge in [-0.15, -0.1) is 0 Å². The summed E-state index contributed by atoms with van der Waals surface area (Å²) < 4.78 is 0. The first-order chi connectivity index (χ1) is 8.24. The van der Waals surface area contributed by atoms with Crippen molar-refractivity contribution in [3.05, 3.63) is 54.2 Å². The summed E-state index contributed by atoms with van der Waals surface area (Å²) in [5.41, 5.74) is 4.51. The van der Waals surface area contributed by atoms with Crippen LogP contribution < -0.4 is 0 Å². The maximum Gasteiger partial charge on any atom is 0.116 e. The average molecular weight is 223 g/mol. The van der Waals surface area contributed by atoms with Crippen molar-refractivity contribution in [3.8, 4) is 16.9 Å². The van der Waals surface area contributed by atoms with Crippen LogP contribution >= 0.6 is 0 Å². The summed E-state index contributed by atoms with van der Waals surface area (Å²) in [5.74, 6) is 0.297. The van der Waals surface area contributed by atoms with E-state index in [1.807, 2.05) is 18.3 Å². The molecule has 0 spiro atoms. The van der Waals surface area contributed by atoms with Gasteiger partial charge in [0.2, 0.25) is 0 Å². The standard InChI is InChI=1S/C15H13NO/c1-10-9-16-15-8-12(5-6-14(10)15)11-3-2-4-13(17)7-11/h2-9,16-17H,1H3. The number of aromatic amines is 1. The summed E-state index contributed by atoms with van der Waals surface area (Å²) >= 11 is 0. The zero-order valence-electron chi connectivity index (χ0n) is 9.57. The number of aromatic hydroxyl groups is 1. The summed E-state index contributed by atoms with van der Waals surface area (Å²) in [6.07, 6.45) is 2.01. The highest BCUT2D eigenvalue weighted by molar-refractivity contribution is 5.87. The van der Waals surface area contributed by atoms with E-state index >= 15 is 0 Å². The Kier molecular flexibility index (Phi) is 2.15. The van der Waals surface area contributed by atoms with Crippen molar-refractivity contribution in [2.75, 3.05) is 0 Å². The smallest absolute Gasteiger partial charge is 0.116 e. The summed E-state index contributed by atoms with van der Waals surface area (Å²) in [7, 11) is 0. The van der Waals surface area contributed by atoms with Crippen LogP contribution in [0.5, 0.6) is 5.75 Å². The molecule has 3 aromatic rings. The van der Waals surface area contributed by atoms with Crippen LogP contribution in [0.3, 0.4) is 0 Å². The molecule has 2 heteroatoms. The Morgan fingerprint density at radius 3 is 2.65 bits per heavy atom. The molecule has 0 bridgehead atoms. The van der Waals surface area contributed by atoms with Gasteiger partial charge in [-0.2, -0.15) is 0 Å². The highest BCUT2D eigenvalue weighted by atomic mass is 16.3. The summed E-state index contributed by atoms with van der Waals surface area (Å²) in [4.78, 5) is 3.25. The lowest BCUT2D eigenvalue weighted by molar-refractivity contribution is 0.475. The fourth-order valence-electron chi connectivity index (χ4n) is 2.14. The maximum atomic E-state index is 9.48. The van der Waals surface area contributed by atoms with Gasteiger partial charge < -0.3 is 10.1 Å². The van der Waals surface area contributed by atoms with Crippen molar-refractivity contribution in [2.45, 2.75) is 6.92 Å². The molecule has 2 aromatic carbocycles. The van der Waals surface area contributed by atoms with E-state index < -0.39 is 0 Å². The van der Waals surface area contributed by atoms with Crippen LogP contribution in [0, 0.1) is 6.92 Å². The average Bonchev–Trinajstić information content (AvgIpc) is 2.71. The third-order valence-electron chi connectivity index (χ3n) is 3.07. The van der Waals surface area contributed by atoms with E-state index in [4.69, 9.17) is 0 Å². The summed E-state index contributed by atoms with van der Waals surface area (Å²) in [6, 6.07) is 13.6. The second kappa shape index (κ2) is 3.67. The molecule has 17 heavy (non-hydrogen) atoms. The van der Waals surface area contributed by atoms with Gasteiger partial charge in [-0.25, -0.2) is 0 Å². The molecule has 0 aliphatic heterocycles. The molecule has 0 saturated carbocycles. The molecule has 0 unspecified atom stereocenters. The molecule has 1 aromatic heterocycles. The van der Waals surface area contributed by atoms with Crippen molar-refractivity contribution >= 4 is 10.9 Å². The van der Waals surface area contributed by atoms with Gasteiger partial charge in [0.25, 0.3) is 0 Å². The van der Waals surface area contributed by atoms with E-state index in [1.54, 1.807) is 12.1 Å². The molecule has 2 nitrogen and oxygen atoms in total. The third-order valence-corrected chi connectivity index (χ3v) is 3.07. The number of phenolic OH excluding ortho intramolecular Hbond substituents is 1. The lowest BCUT2D eigenvalue weighted by Crippen LogP contribution is -1.78. The van der Waals surface area contributed by atoms with E-state index in [0.717, 1.165) is 16.6 Å². The SMILES string of the molecule is Cc1c[nH]c2cc(-c3cccc(O)c3)ccc12. The first kappa shape index (κ1) is 9.97. The minimum absolute atomic E-state index is 0.297. The molecule has 0 radical (unpaired) electrons. The van der Waals surface area contributed by atoms with E-state index in [0.29, 0.717) is 5.75 Å². The Bertz CT molecular complexity index is 682. The number of rotatable bonds is 1. The van der Waals surface area contributed by atoms with E-state index in [-0.39, 0.29) is 0 Å². The van der Waals surface area contributed by atoms with Crippen LogP contribution in [0.2, 0.25) is 0 Å². The van der Waals surface area contributed by atoms with Gasteiger partial charge in [0.05, 0.1) is 0 Å². The van der Waals surface area contributed by atoms with Crippen molar-refractivity contribution < 1.29 is 5.11 Å². The predicted octanol–water partition coefficient (Wildman–Crippen LogP) is 3.85. The monoisotopic (exact) mass is 223 g/mol. The molecule has 0 aliphatic rings. The Balaban J connectivity index is 2.18. The number of fused-ring (bicyclic) bond motifs is 1. The largest absolute Gasteiger partial charge is 0.508 e. The first-order valence-corrected chi connectivity index (χ1v) is 5.61. The Morgan fingerprint density at radius 2 is 1.82 bits per heavy atom. The van der Waals surface area contributed by atoms with Gasteiger partial charge in [-0.1, -0.05) is 24.3 Å². The number of hydrogen-bond donors (Lipinski definition) is 2. The second-order valence-corrected chi connectivity index (χ2v) is 4.28. The number of hydrogen-bond acceptors (Lipinski definition) is 1. The van der Waals surface area contributed by atoms with E-state index in [1.165, 1.54) is 10.9 Å². The van der Waals surface area contributed by atoms with Crippen molar-refractivity contribution in [3.63, 3.8) is 0 Å². The molecule has 0 atom stereocenters. The number of benzene rings is 2. The number of aromatic nitrogens is 1. The van der Waals surface area contributed by atoms with Gasteiger partial charge in [0, 0.05) is 17.1 Å². The molecule has 0 amide bonds. The van der Waals surface area contributed by atoms with Crippen LogP contribution in [0.1, 0.15) is 5.56 Å². The quantitative estimate of drug-likeness (QED) is 0.645. The molecular weight excluding hydrogens is 210 g/mol. The summed E-state index contributed by atoms with van der Waals surface area (Å²) in [5, 5.41) is 10.7. The van der Waals surface area contributed by atoms with Gasteiger partial charge in [-0.05, 0) is 41.8 Å². The molecule has 2 N–H and O–H groups in total. The summed E-state index contributed by atoms with van der Waals surface area (Å²) in [6.45, 7) is 2.09. The normalized spacial score (nSPS) is 10.9. The Morgan fingerprint density at radius 1 is 1.00 bits per heavy atom. The maximum absolute atomic E-state index is 9.48. The van der Waals surface area contributed by atoms with Crippen molar-refractivity contribution in [1.29, 1.82) is 0 Å². The van der Waals surface area contributed by atoms with Gasteiger partial charge in [0.15, 0.2) is 0 Å². The minimum Gasteiger partial charge on any atom is -0.508 e. The van der Waals surface area contributed by atoms with Crippen molar-refractivity contribution in [1.82, 2.24) is 4.98 Å². The zero-order chi connectivity index (χ0) is 11.8. The fourth-order valence-corrected chi connectivity index (χ4v) is 2.14. The number of aryl methyl sites for hydroxylation is 1. The van der Waals surface area contributed by atoms with Crippen LogP contribution in [-0.2, 0) is 0 Å². The van der Waals surface area contributed by atoms with Crippen LogP contribution in [0.15, 0.2) is 48.7 Å². The van der Waals surface area contributed by atoms with Crippen LogP contribution in [0.25, 0.3) is 22.0 Å². The van der Waals surface area contributed by atoms with Crippen molar-refractivity contribution in [2.24, 2.45) is 0 Å². The highest BCUT2D eigenvalue weighted by Crippen LogP contribution is 2.27. The van der Waals surface area contributed by atoms with Gasteiger partial charge in [0.1, 0.15) is 5.75 Å². The molecule has 0 fully saturated rings. The number of phenols is 1. The lowest BCUT2D eigenvalue weighted by Gasteiger charge is -2.03. The zero-order valence-corrected chi connectivity index (χ0v) is 9.57. The molecule has 3 rings (SSSR count). The second-order valence-electron chi connectivity index (χ2n) is 4.28. The molecule has 84 valence electrons. The molecule has 0 saturated heterocycles. The highest BCUT2D eigenvalue weighted by Gasteiger charge is 2.03. The predicted molar refractivity (Wildman–Crippen MR) is 70.1 cm³/mol. The van der Waals surface area contributed by atoms with E-state index in [2.05, 4.69) is 30.1 Å². The molecule has 1 heterocycles. The minimum atomic E-state index is 0.297. The topological polar surface area (TPSA) is 36.0 Å². The first-order valence-electron chi connectivity index (χ1n) is 5.61. The lowest BCUT2D eigenvalue weighted by atomic mass is 10.0. The van der Waals surface area contributed by atoms with Gasteiger partial charge in [-0.3, -0.25) is 0 Å². The third kappa shape index (κ3) is 1.68. The number of H-pyrrole nitrogens is 1. The molecule has 0 aliphatic carbocycles. The van der Waals surface area contributed by atoms with Crippen LogP contribution in [0.4, 0.5) is 0 Å². The van der Waals surface area contributed by atoms with Gasteiger partial charge >= 0.3 is 0 Å².